The summed E-state index contributed by atoms with van der Waals surface area (Å²) in [5, 5.41) is 11.9. The molecule has 1 amide bonds. The third-order valence-corrected chi connectivity index (χ3v) is 3.92. The Labute approximate surface area is 140 Å². The number of rotatable bonds is 7. The Morgan fingerprint density at radius 1 is 1.08 bits per heavy atom. The van der Waals surface area contributed by atoms with Crippen LogP contribution in [0.2, 0.25) is 0 Å². The number of carbonyl (C=O) groups is 2. The van der Waals surface area contributed by atoms with Crippen molar-refractivity contribution < 1.29 is 19.1 Å². The Hall–Kier alpha value is -2.69. The zero-order chi connectivity index (χ0) is 17.5. The molecule has 2 atom stereocenters. The molecule has 0 bridgehead atoms. The molecule has 2 aromatic carbocycles. The van der Waals surface area contributed by atoms with Crippen molar-refractivity contribution in [2.75, 3.05) is 0 Å². The second-order valence-electron chi connectivity index (χ2n) is 5.72. The molecule has 0 aliphatic heterocycles. The monoisotopic (exact) mass is 329 g/mol. The van der Waals surface area contributed by atoms with Gasteiger partial charge >= 0.3 is 5.97 Å². The van der Waals surface area contributed by atoms with Gasteiger partial charge in [0.05, 0.1) is 0 Å². The zero-order valence-electron chi connectivity index (χ0n) is 13.4. The Bertz CT molecular complexity index is 703. The number of carboxylic acids is 1. The van der Waals surface area contributed by atoms with Crippen LogP contribution in [0, 0.1) is 11.7 Å². The van der Waals surface area contributed by atoms with Crippen molar-refractivity contribution in [3.8, 4) is 0 Å². The molecule has 0 saturated carbocycles. The van der Waals surface area contributed by atoms with Crippen LogP contribution in [0.15, 0.2) is 54.6 Å². The summed E-state index contributed by atoms with van der Waals surface area (Å²) in [5.41, 5.74) is 1.06. The highest BCUT2D eigenvalue weighted by molar-refractivity contribution is 5.85. The van der Waals surface area contributed by atoms with E-state index in [0.29, 0.717) is 24.0 Å². The molecule has 126 valence electrons. The van der Waals surface area contributed by atoms with Gasteiger partial charge < -0.3 is 10.4 Å². The highest BCUT2D eigenvalue weighted by atomic mass is 19.1. The zero-order valence-corrected chi connectivity index (χ0v) is 13.4. The fraction of sp³-hybridized carbons (Fsp3) is 0.263. The highest BCUT2D eigenvalue weighted by Gasteiger charge is 2.24. The largest absolute Gasteiger partial charge is 0.479 e. The van der Waals surface area contributed by atoms with E-state index < -0.39 is 17.9 Å². The third kappa shape index (κ3) is 4.65. The SMILES string of the molecule is CC(CCc1ccccc1F)C(=O)N[C@@H](C(=O)O)c1ccccc1. The average molecular weight is 329 g/mol. The van der Waals surface area contributed by atoms with E-state index >= 15 is 0 Å². The number of hydrogen-bond acceptors (Lipinski definition) is 2. The number of benzene rings is 2. The molecule has 0 radical (unpaired) electrons. The summed E-state index contributed by atoms with van der Waals surface area (Å²) < 4.78 is 13.6. The van der Waals surface area contributed by atoms with Crippen LogP contribution in [-0.4, -0.2) is 17.0 Å². The standard InChI is InChI=1S/C19H20FNO3/c1-13(11-12-14-7-5-6-10-16(14)20)18(22)21-17(19(23)24)15-8-3-2-4-9-15/h2-10,13,17H,11-12H2,1H3,(H,21,22)(H,23,24)/t13?,17-/m1/s1. The molecule has 5 heteroatoms. The van der Waals surface area contributed by atoms with E-state index in [2.05, 4.69) is 5.32 Å². The number of carboxylic acid groups (broad SMARTS) is 1. The van der Waals surface area contributed by atoms with E-state index in [1.807, 2.05) is 0 Å². The van der Waals surface area contributed by atoms with Gasteiger partial charge in [0.25, 0.3) is 0 Å². The Morgan fingerprint density at radius 3 is 2.33 bits per heavy atom. The number of hydrogen-bond donors (Lipinski definition) is 2. The van der Waals surface area contributed by atoms with Gasteiger partial charge in [-0.05, 0) is 30.0 Å². The van der Waals surface area contributed by atoms with Gasteiger partial charge in [0.1, 0.15) is 5.82 Å². The predicted molar refractivity (Wildman–Crippen MR) is 88.8 cm³/mol. The maximum Gasteiger partial charge on any atom is 0.330 e. The van der Waals surface area contributed by atoms with E-state index in [-0.39, 0.29) is 11.7 Å². The van der Waals surface area contributed by atoms with Crippen molar-refractivity contribution in [2.45, 2.75) is 25.8 Å². The number of nitrogens with one attached hydrogen (secondary N) is 1. The molecule has 0 spiro atoms. The summed E-state index contributed by atoms with van der Waals surface area (Å²) in [6.07, 6.45) is 0.859. The normalized spacial score (nSPS) is 13.1. The maximum absolute atomic E-state index is 13.6. The summed E-state index contributed by atoms with van der Waals surface area (Å²) in [5.74, 6) is -2.19. The summed E-state index contributed by atoms with van der Waals surface area (Å²) in [7, 11) is 0. The van der Waals surface area contributed by atoms with Crippen molar-refractivity contribution in [3.63, 3.8) is 0 Å². The van der Waals surface area contributed by atoms with E-state index in [9.17, 15) is 19.1 Å². The first-order valence-corrected chi connectivity index (χ1v) is 7.80. The molecule has 0 heterocycles. The molecule has 0 aromatic heterocycles. The molecule has 24 heavy (non-hydrogen) atoms. The van der Waals surface area contributed by atoms with E-state index in [0.717, 1.165) is 0 Å². The average Bonchev–Trinajstić information content (AvgIpc) is 2.59. The van der Waals surface area contributed by atoms with Crippen LogP contribution in [0.1, 0.15) is 30.5 Å². The minimum atomic E-state index is -1.11. The maximum atomic E-state index is 13.6. The number of carbonyl (C=O) groups excluding carboxylic acids is 1. The van der Waals surface area contributed by atoms with Crippen LogP contribution in [-0.2, 0) is 16.0 Å². The van der Waals surface area contributed by atoms with Gasteiger partial charge in [-0.25, -0.2) is 9.18 Å². The Kier molecular flexibility index (Phi) is 6.07. The molecular weight excluding hydrogens is 309 g/mol. The second kappa shape index (κ2) is 8.24. The summed E-state index contributed by atoms with van der Waals surface area (Å²) in [4.78, 5) is 23.7. The second-order valence-corrected chi connectivity index (χ2v) is 5.72. The molecule has 2 N–H and O–H groups in total. The van der Waals surface area contributed by atoms with Crippen molar-refractivity contribution in [1.82, 2.24) is 5.32 Å². The van der Waals surface area contributed by atoms with Gasteiger partial charge in [0.2, 0.25) is 5.91 Å². The van der Waals surface area contributed by atoms with Crippen LogP contribution in [0.3, 0.4) is 0 Å². The van der Waals surface area contributed by atoms with Crippen LogP contribution in [0.4, 0.5) is 4.39 Å². The van der Waals surface area contributed by atoms with Crippen LogP contribution >= 0.6 is 0 Å². The van der Waals surface area contributed by atoms with Gasteiger partial charge in [-0.15, -0.1) is 0 Å². The lowest BCUT2D eigenvalue weighted by Crippen LogP contribution is -2.37. The van der Waals surface area contributed by atoms with Crippen molar-refractivity contribution >= 4 is 11.9 Å². The molecular formula is C19H20FNO3. The summed E-state index contributed by atoms with van der Waals surface area (Å²) >= 11 is 0. The Morgan fingerprint density at radius 2 is 1.71 bits per heavy atom. The summed E-state index contributed by atoms with van der Waals surface area (Å²) in [6.45, 7) is 1.71. The van der Waals surface area contributed by atoms with Gasteiger partial charge in [0, 0.05) is 5.92 Å². The van der Waals surface area contributed by atoms with Gasteiger partial charge in [-0.1, -0.05) is 55.5 Å². The first-order chi connectivity index (χ1) is 11.5. The van der Waals surface area contributed by atoms with Crippen LogP contribution < -0.4 is 5.32 Å². The topological polar surface area (TPSA) is 66.4 Å². The van der Waals surface area contributed by atoms with Crippen molar-refractivity contribution in [1.29, 1.82) is 0 Å². The lowest BCUT2D eigenvalue weighted by molar-refractivity contribution is -0.142. The number of halogens is 1. The number of amides is 1. The van der Waals surface area contributed by atoms with Gasteiger partial charge in [-0.3, -0.25) is 4.79 Å². The fourth-order valence-electron chi connectivity index (χ4n) is 2.42. The van der Waals surface area contributed by atoms with E-state index in [4.69, 9.17) is 0 Å². The van der Waals surface area contributed by atoms with Crippen molar-refractivity contribution in [3.05, 3.63) is 71.5 Å². The third-order valence-electron chi connectivity index (χ3n) is 3.92. The Balaban J connectivity index is 1.97. The fourth-order valence-corrected chi connectivity index (χ4v) is 2.42. The summed E-state index contributed by atoms with van der Waals surface area (Å²) in [6, 6.07) is 13.9. The van der Waals surface area contributed by atoms with Gasteiger partial charge in [0.15, 0.2) is 6.04 Å². The lowest BCUT2D eigenvalue weighted by atomic mass is 9.99. The minimum absolute atomic E-state index is 0.294. The molecule has 4 nitrogen and oxygen atoms in total. The van der Waals surface area contributed by atoms with E-state index in [1.165, 1.54) is 6.07 Å². The molecule has 0 aliphatic rings. The smallest absolute Gasteiger partial charge is 0.330 e. The quantitative estimate of drug-likeness (QED) is 0.819. The van der Waals surface area contributed by atoms with Gasteiger partial charge in [-0.2, -0.15) is 0 Å². The molecule has 0 fully saturated rings. The molecule has 0 aliphatic carbocycles. The highest BCUT2D eigenvalue weighted by Crippen LogP contribution is 2.16. The predicted octanol–water partition coefficient (Wildman–Crippen LogP) is 3.34. The minimum Gasteiger partial charge on any atom is -0.479 e. The molecule has 2 aromatic rings. The number of aryl methyl sites for hydroxylation is 1. The first kappa shape index (κ1) is 17.7. The van der Waals surface area contributed by atoms with Crippen molar-refractivity contribution in [2.24, 2.45) is 5.92 Å². The number of aliphatic carboxylic acids is 1. The van der Waals surface area contributed by atoms with E-state index in [1.54, 1.807) is 55.5 Å². The van der Waals surface area contributed by atoms with Crippen LogP contribution in [0.5, 0.6) is 0 Å². The first-order valence-electron chi connectivity index (χ1n) is 7.80. The molecule has 2 rings (SSSR count). The lowest BCUT2D eigenvalue weighted by Gasteiger charge is -2.18. The molecule has 1 unspecified atom stereocenters. The van der Waals surface area contributed by atoms with Crippen LogP contribution in [0.25, 0.3) is 0 Å². The molecule has 0 saturated heterocycles.